The van der Waals surface area contributed by atoms with Gasteiger partial charge in [0.15, 0.2) is 11.0 Å². The van der Waals surface area contributed by atoms with Gasteiger partial charge in [-0.25, -0.2) is 9.78 Å². The average molecular weight is 479 g/mol. The third-order valence-corrected chi connectivity index (χ3v) is 6.51. The van der Waals surface area contributed by atoms with Crippen molar-refractivity contribution in [1.82, 2.24) is 25.0 Å². The van der Waals surface area contributed by atoms with Crippen LogP contribution in [0, 0.1) is 0 Å². The van der Waals surface area contributed by atoms with Gasteiger partial charge in [-0.3, -0.25) is 10.3 Å². The summed E-state index contributed by atoms with van der Waals surface area (Å²) in [4.78, 5) is 27.7. The molecule has 0 aliphatic carbocycles. The number of thiazole rings is 1. The van der Waals surface area contributed by atoms with Crippen LogP contribution in [0.15, 0.2) is 41.2 Å². The molecule has 176 valence electrons. The number of hydrogen-bond donors (Lipinski definition) is 1. The van der Waals surface area contributed by atoms with Crippen molar-refractivity contribution in [2.45, 2.75) is 39.0 Å². The zero-order valence-electron chi connectivity index (χ0n) is 19.5. The molecular weight excluding hydrogens is 452 g/mol. The first-order valence-corrected chi connectivity index (χ1v) is 12.0. The zero-order valence-corrected chi connectivity index (χ0v) is 20.3. The van der Waals surface area contributed by atoms with Gasteiger partial charge < -0.3 is 14.2 Å². The second kappa shape index (κ2) is 8.68. The molecule has 5 rings (SSSR count). The van der Waals surface area contributed by atoms with Crippen molar-refractivity contribution in [3.63, 3.8) is 0 Å². The number of hydrogen-bond acceptors (Lipinski definition) is 8. The second-order valence-electron chi connectivity index (χ2n) is 9.28. The molecule has 0 unspecified atom stereocenters. The third-order valence-electron chi connectivity index (χ3n) is 5.58. The highest BCUT2D eigenvalue weighted by Gasteiger charge is 2.36. The summed E-state index contributed by atoms with van der Waals surface area (Å²) < 4.78 is 11.9. The van der Waals surface area contributed by atoms with Gasteiger partial charge in [0.05, 0.1) is 28.9 Å². The van der Waals surface area contributed by atoms with Crippen LogP contribution < -0.4 is 10.1 Å². The van der Waals surface area contributed by atoms with Crippen LogP contribution in [0.25, 0.3) is 21.3 Å². The molecule has 1 N–H and O–H groups in total. The summed E-state index contributed by atoms with van der Waals surface area (Å²) in [5.41, 5.74) is 2.63. The lowest BCUT2D eigenvalue weighted by atomic mass is 9.96. The number of urea groups is 1. The van der Waals surface area contributed by atoms with Gasteiger partial charge in [-0.15, -0.1) is 0 Å². The number of nitrogens with one attached hydrogen (secondary N) is 1. The minimum Gasteiger partial charge on any atom is -0.492 e. The normalized spacial score (nSPS) is 14.3. The average Bonchev–Trinajstić information content (AvgIpc) is 3.39. The molecule has 0 radical (unpaired) electrons. The SMILES string of the molecule is CCOc1cncc(-c2ccc3nc(NC(=O)N4CC(c5noc(C(C)(C)C)n5)C4)sc3c2)c1. The van der Waals surface area contributed by atoms with Gasteiger partial charge in [0.1, 0.15) is 5.75 Å². The van der Waals surface area contributed by atoms with E-state index in [1.54, 1.807) is 11.1 Å². The van der Waals surface area contributed by atoms with E-state index in [4.69, 9.17) is 9.26 Å². The smallest absolute Gasteiger partial charge is 0.323 e. The van der Waals surface area contributed by atoms with E-state index in [1.165, 1.54) is 11.3 Å². The Morgan fingerprint density at radius 3 is 2.76 bits per heavy atom. The Balaban J connectivity index is 1.24. The van der Waals surface area contributed by atoms with Gasteiger partial charge in [-0.2, -0.15) is 4.98 Å². The van der Waals surface area contributed by atoms with Crippen LogP contribution in [0.5, 0.6) is 5.75 Å². The molecule has 1 aliphatic heterocycles. The lowest BCUT2D eigenvalue weighted by molar-refractivity contribution is 0.159. The van der Waals surface area contributed by atoms with Crippen LogP contribution in [0.1, 0.15) is 45.3 Å². The fourth-order valence-electron chi connectivity index (χ4n) is 3.66. The van der Waals surface area contributed by atoms with Crippen molar-refractivity contribution in [2.24, 2.45) is 0 Å². The van der Waals surface area contributed by atoms with Crippen LogP contribution in [0.2, 0.25) is 0 Å². The largest absolute Gasteiger partial charge is 0.492 e. The molecule has 1 saturated heterocycles. The first kappa shape index (κ1) is 22.3. The van der Waals surface area contributed by atoms with Crippen molar-refractivity contribution >= 4 is 32.7 Å². The van der Waals surface area contributed by atoms with Gasteiger partial charge in [-0.1, -0.05) is 43.3 Å². The topological polar surface area (TPSA) is 106 Å². The lowest BCUT2D eigenvalue weighted by Gasteiger charge is -2.36. The fourth-order valence-corrected chi connectivity index (χ4v) is 4.56. The molecule has 0 atom stereocenters. The molecule has 1 fully saturated rings. The first-order chi connectivity index (χ1) is 16.3. The van der Waals surface area contributed by atoms with Crippen LogP contribution >= 0.6 is 11.3 Å². The van der Waals surface area contributed by atoms with E-state index in [0.717, 1.165) is 27.1 Å². The Morgan fingerprint density at radius 2 is 2.03 bits per heavy atom. The molecule has 4 heterocycles. The Bertz CT molecular complexity index is 1340. The molecule has 1 aromatic carbocycles. The van der Waals surface area contributed by atoms with Crippen molar-refractivity contribution < 1.29 is 14.1 Å². The van der Waals surface area contributed by atoms with Gasteiger partial charge in [0, 0.05) is 30.3 Å². The number of anilines is 1. The number of fused-ring (bicyclic) bond motifs is 1. The summed E-state index contributed by atoms with van der Waals surface area (Å²) in [7, 11) is 0. The fraction of sp³-hybridized carbons (Fsp3) is 0.375. The number of likely N-dealkylation sites (tertiary alicyclic amines) is 1. The molecule has 0 spiro atoms. The van der Waals surface area contributed by atoms with E-state index in [2.05, 4.69) is 31.5 Å². The number of aromatic nitrogens is 4. The summed E-state index contributed by atoms with van der Waals surface area (Å²) in [6, 6.07) is 7.79. The molecule has 3 aromatic heterocycles. The number of nitrogens with zero attached hydrogens (tertiary/aromatic N) is 5. The van der Waals surface area contributed by atoms with E-state index in [0.29, 0.717) is 36.5 Å². The Morgan fingerprint density at radius 1 is 1.21 bits per heavy atom. The molecule has 4 aromatic rings. The number of pyridine rings is 1. The third kappa shape index (κ3) is 4.45. The number of benzene rings is 1. The van der Waals surface area contributed by atoms with E-state index in [9.17, 15) is 4.79 Å². The van der Waals surface area contributed by atoms with Crippen LogP contribution in [-0.2, 0) is 5.41 Å². The van der Waals surface area contributed by atoms with Gasteiger partial charge in [0.2, 0.25) is 5.89 Å². The minimum atomic E-state index is -0.193. The summed E-state index contributed by atoms with van der Waals surface area (Å²) in [6.45, 7) is 9.72. The van der Waals surface area contributed by atoms with Crippen LogP contribution in [-0.4, -0.2) is 50.7 Å². The summed E-state index contributed by atoms with van der Waals surface area (Å²) in [6.07, 6.45) is 3.51. The molecular formula is C24H26N6O3S. The van der Waals surface area contributed by atoms with Crippen molar-refractivity contribution in [1.29, 1.82) is 0 Å². The lowest BCUT2D eigenvalue weighted by Crippen LogP contribution is -2.50. The predicted molar refractivity (Wildman–Crippen MR) is 130 cm³/mol. The highest BCUT2D eigenvalue weighted by molar-refractivity contribution is 7.22. The maximum absolute atomic E-state index is 12.7. The highest BCUT2D eigenvalue weighted by Crippen LogP contribution is 2.33. The number of carbonyl (C=O) groups is 1. The number of rotatable bonds is 5. The summed E-state index contributed by atoms with van der Waals surface area (Å²) in [5, 5.41) is 7.58. The monoisotopic (exact) mass is 478 g/mol. The number of ether oxygens (including phenoxy) is 1. The minimum absolute atomic E-state index is 0.0876. The van der Waals surface area contributed by atoms with Crippen molar-refractivity contribution in [3.8, 4) is 16.9 Å². The zero-order chi connectivity index (χ0) is 23.9. The Labute approximate surface area is 201 Å². The van der Waals surface area contributed by atoms with E-state index >= 15 is 0 Å². The van der Waals surface area contributed by atoms with Crippen LogP contribution in [0.3, 0.4) is 0 Å². The van der Waals surface area contributed by atoms with E-state index in [-0.39, 0.29) is 17.4 Å². The maximum atomic E-state index is 12.7. The van der Waals surface area contributed by atoms with Gasteiger partial charge >= 0.3 is 6.03 Å². The Hall–Kier alpha value is -3.53. The number of carbonyl (C=O) groups excluding carboxylic acids is 1. The molecule has 9 nitrogen and oxygen atoms in total. The molecule has 1 aliphatic rings. The van der Waals surface area contributed by atoms with Gasteiger partial charge in [-0.05, 0) is 30.7 Å². The molecule has 0 bridgehead atoms. The van der Waals surface area contributed by atoms with Crippen molar-refractivity contribution in [2.75, 3.05) is 25.0 Å². The Kier molecular flexibility index (Phi) is 5.68. The molecule has 2 amide bonds. The van der Waals surface area contributed by atoms with Crippen molar-refractivity contribution in [3.05, 3.63) is 48.4 Å². The van der Waals surface area contributed by atoms with E-state index < -0.39 is 0 Å². The van der Waals surface area contributed by atoms with Crippen LogP contribution in [0.4, 0.5) is 9.93 Å². The molecule has 34 heavy (non-hydrogen) atoms. The first-order valence-electron chi connectivity index (χ1n) is 11.2. The standard InChI is InChI=1S/C24H26N6O3S/c1-5-32-17-8-15(10-25-11-17)14-6-7-18-19(9-14)34-22(26-18)28-23(31)30-12-16(13-30)20-27-21(33-29-20)24(2,3)4/h6-11,16H,5,12-13H2,1-4H3,(H,26,28,31). The van der Waals surface area contributed by atoms with Gasteiger partial charge in [0.25, 0.3) is 0 Å². The summed E-state index contributed by atoms with van der Waals surface area (Å²) in [5.74, 6) is 2.09. The highest BCUT2D eigenvalue weighted by atomic mass is 32.1. The van der Waals surface area contributed by atoms with E-state index in [1.807, 2.05) is 52.1 Å². The molecule has 0 saturated carbocycles. The summed E-state index contributed by atoms with van der Waals surface area (Å²) >= 11 is 1.44. The predicted octanol–water partition coefficient (Wildman–Crippen LogP) is 5.07. The quantitative estimate of drug-likeness (QED) is 0.427. The second-order valence-corrected chi connectivity index (χ2v) is 10.3. The number of amides is 2. The maximum Gasteiger partial charge on any atom is 0.323 e. The molecule has 10 heteroatoms.